The van der Waals surface area contributed by atoms with Crippen LogP contribution >= 0.6 is 0 Å². The number of nitrogens with two attached hydrogens (primary N) is 1. The van der Waals surface area contributed by atoms with Gasteiger partial charge in [0.15, 0.2) is 0 Å². The summed E-state index contributed by atoms with van der Waals surface area (Å²) in [6.45, 7) is 3.05. The van der Waals surface area contributed by atoms with Crippen molar-refractivity contribution in [3.8, 4) is 0 Å². The summed E-state index contributed by atoms with van der Waals surface area (Å²) in [5.74, 6) is -1.66. The maximum atomic E-state index is 14.1. The molecule has 0 fully saturated rings. The molecule has 0 saturated heterocycles. The Kier molecular flexibility index (Phi) is 3.69. The zero-order valence-corrected chi connectivity index (χ0v) is 12.8. The number of benzene rings is 1. The molecule has 1 aliphatic rings. The van der Waals surface area contributed by atoms with E-state index in [2.05, 4.69) is 4.99 Å². The molecule has 2 N–H and O–H groups in total. The molecule has 1 aromatic carbocycles. The summed E-state index contributed by atoms with van der Waals surface area (Å²) >= 11 is 0. The summed E-state index contributed by atoms with van der Waals surface area (Å²) in [7, 11) is -2.49. The zero-order chi connectivity index (χ0) is 16.0. The van der Waals surface area contributed by atoms with E-state index >= 15 is 0 Å². The minimum absolute atomic E-state index is 0.00782. The minimum Gasteiger partial charge on any atom is -0.369 e. The molecule has 2 unspecified atom stereocenters. The van der Waals surface area contributed by atoms with Crippen molar-refractivity contribution in [2.75, 3.05) is 13.6 Å². The average Bonchev–Trinajstić information content (AvgIpc) is 2.46. The van der Waals surface area contributed by atoms with Gasteiger partial charge in [0.2, 0.25) is 16.0 Å². The largest absolute Gasteiger partial charge is 0.369 e. The molecule has 0 bridgehead atoms. The third-order valence-electron chi connectivity index (χ3n) is 4.16. The molecule has 1 heterocycles. The van der Waals surface area contributed by atoms with E-state index in [0.29, 0.717) is 0 Å². The first kappa shape index (κ1) is 15.7. The zero-order valence-electron chi connectivity index (χ0n) is 12.0. The molecule has 5 nitrogen and oxygen atoms in total. The second kappa shape index (κ2) is 4.94. The molecule has 0 spiro atoms. The van der Waals surface area contributed by atoms with E-state index < -0.39 is 32.3 Å². The van der Waals surface area contributed by atoms with Crippen LogP contribution in [0, 0.1) is 11.6 Å². The monoisotopic (exact) mass is 317 g/mol. The summed E-state index contributed by atoms with van der Waals surface area (Å²) in [6, 6.07) is 3.10. The molecule has 2 atom stereocenters. The SMILES string of the molecule is CC1C(C)(c2ccc(F)cc2F)CN=C(N)N(C)S1(=O)=O. The van der Waals surface area contributed by atoms with Gasteiger partial charge >= 0.3 is 0 Å². The Bertz CT molecular complexity index is 705. The van der Waals surface area contributed by atoms with Gasteiger partial charge < -0.3 is 5.73 Å². The van der Waals surface area contributed by atoms with Crippen LogP contribution in [0.25, 0.3) is 0 Å². The maximum Gasteiger partial charge on any atom is 0.240 e. The van der Waals surface area contributed by atoms with E-state index in [1.54, 1.807) is 6.92 Å². The van der Waals surface area contributed by atoms with E-state index in [1.165, 1.54) is 20.0 Å². The van der Waals surface area contributed by atoms with Crippen LogP contribution in [-0.4, -0.2) is 37.5 Å². The van der Waals surface area contributed by atoms with Gasteiger partial charge in [-0.05, 0) is 18.6 Å². The third kappa shape index (κ3) is 2.37. The number of hydrogen-bond acceptors (Lipinski definition) is 4. The van der Waals surface area contributed by atoms with Crippen molar-refractivity contribution in [2.45, 2.75) is 24.5 Å². The van der Waals surface area contributed by atoms with Crippen LogP contribution in [0.2, 0.25) is 0 Å². The van der Waals surface area contributed by atoms with Crippen LogP contribution in [0.3, 0.4) is 0 Å². The fourth-order valence-corrected chi connectivity index (χ4v) is 4.08. The highest BCUT2D eigenvalue weighted by Gasteiger charge is 2.46. The maximum absolute atomic E-state index is 14.1. The highest BCUT2D eigenvalue weighted by atomic mass is 32.2. The van der Waals surface area contributed by atoms with Crippen LogP contribution in [-0.2, 0) is 15.4 Å². The number of rotatable bonds is 1. The summed E-state index contributed by atoms with van der Waals surface area (Å²) in [5, 5.41) is -0.972. The Morgan fingerprint density at radius 3 is 2.62 bits per heavy atom. The first-order valence-electron chi connectivity index (χ1n) is 6.34. The minimum atomic E-state index is -3.79. The number of halogens is 2. The lowest BCUT2D eigenvalue weighted by Crippen LogP contribution is -2.48. The second-order valence-electron chi connectivity index (χ2n) is 5.37. The predicted molar refractivity (Wildman–Crippen MR) is 76.3 cm³/mol. The number of guanidine groups is 1. The Morgan fingerprint density at radius 1 is 1.43 bits per heavy atom. The molecule has 2 rings (SSSR count). The molecule has 8 heteroatoms. The van der Waals surface area contributed by atoms with E-state index in [0.717, 1.165) is 16.4 Å². The molecular weight excluding hydrogens is 300 g/mol. The average molecular weight is 317 g/mol. The van der Waals surface area contributed by atoms with E-state index in [9.17, 15) is 17.2 Å². The smallest absolute Gasteiger partial charge is 0.240 e. The van der Waals surface area contributed by atoms with E-state index in [-0.39, 0.29) is 18.1 Å². The van der Waals surface area contributed by atoms with Crippen molar-refractivity contribution < 1.29 is 17.2 Å². The molecule has 1 aromatic rings. The Morgan fingerprint density at radius 2 is 2.05 bits per heavy atom. The molecule has 0 radical (unpaired) electrons. The highest BCUT2D eigenvalue weighted by Crippen LogP contribution is 2.36. The number of sulfonamides is 1. The fourth-order valence-electron chi connectivity index (χ4n) is 2.43. The van der Waals surface area contributed by atoms with Crippen LogP contribution in [0.15, 0.2) is 23.2 Å². The Hall–Kier alpha value is -1.70. The quantitative estimate of drug-likeness (QED) is 0.845. The number of hydrogen-bond donors (Lipinski definition) is 1. The van der Waals surface area contributed by atoms with Crippen molar-refractivity contribution in [1.82, 2.24) is 4.31 Å². The van der Waals surface area contributed by atoms with Gasteiger partial charge in [-0.2, -0.15) is 0 Å². The van der Waals surface area contributed by atoms with Crippen molar-refractivity contribution in [3.63, 3.8) is 0 Å². The third-order valence-corrected chi connectivity index (χ3v) is 6.53. The van der Waals surface area contributed by atoms with Crippen molar-refractivity contribution in [3.05, 3.63) is 35.4 Å². The van der Waals surface area contributed by atoms with Crippen LogP contribution < -0.4 is 5.73 Å². The molecule has 0 aromatic heterocycles. The second-order valence-corrected chi connectivity index (χ2v) is 7.66. The molecule has 116 valence electrons. The topological polar surface area (TPSA) is 75.8 Å². The van der Waals surface area contributed by atoms with Gasteiger partial charge in [0.25, 0.3) is 0 Å². The molecule has 1 aliphatic heterocycles. The number of nitrogens with zero attached hydrogens (tertiary/aromatic N) is 2. The number of aliphatic imine (C=N–C) groups is 1. The van der Waals surface area contributed by atoms with Crippen LogP contribution in [0.1, 0.15) is 19.4 Å². The van der Waals surface area contributed by atoms with Gasteiger partial charge in [-0.3, -0.25) is 4.99 Å². The lowest BCUT2D eigenvalue weighted by Gasteiger charge is -2.34. The van der Waals surface area contributed by atoms with Gasteiger partial charge in [0.1, 0.15) is 11.6 Å². The summed E-state index contributed by atoms with van der Waals surface area (Å²) in [4.78, 5) is 4.02. The molecule has 0 saturated carbocycles. The summed E-state index contributed by atoms with van der Waals surface area (Å²) in [6.07, 6.45) is 0. The van der Waals surface area contributed by atoms with Crippen molar-refractivity contribution in [1.29, 1.82) is 0 Å². The summed E-state index contributed by atoms with van der Waals surface area (Å²) < 4.78 is 53.0. The Labute approximate surface area is 122 Å². The normalized spacial score (nSPS) is 28.9. The van der Waals surface area contributed by atoms with E-state index in [1.807, 2.05) is 0 Å². The van der Waals surface area contributed by atoms with Gasteiger partial charge in [-0.25, -0.2) is 21.5 Å². The van der Waals surface area contributed by atoms with E-state index in [4.69, 9.17) is 5.73 Å². The molecular formula is C13H17F2N3O2S. The van der Waals surface area contributed by atoms with Gasteiger partial charge in [-0.1, -0.05) is 13.0 Å². The molecule has 0 aliphatic carbocycles. The fraction of sp³-hybridized carbons (Fsp3) is 0.462. The Balaban J connectivity index is 2.65. The predicted octanol–water partition coefficient (Wildman–Crippen LogP) is 1.20. The van der Waals surface area contributed by atoms with Gasteiger partial charge in [0, 0.05) is 18.5 Å². The van der Waals surface area contributed by atoms with Gasteiger partial charge in [0.05, 0.1) is 11.8 Å². The van der Waals surface area contributed by atoms with Crippen molar-refractivity contribution in [2.24, 2.45) is 10.7 Å². The van der Waals surface area contributed by atoms with Crippen LogP contribution in [0.5, 0.6) is 0 Å². The molecule has 0 amide bonds. The van der Waals surface area contributed by atoms with Gasteiger partial charge in [-0.15, -0.1) is 0 Å². The first-order chi connectivity index (χ1) is 9.60. The van der Waals surface area contributed by atoms with Crippen molar-refractivity contribution >= 4 is 16.0 Å². The lowest BCUT2D eigenvalue weighted by atomic mass is 9.79. The van der Waals surface area contributed by atoms with Crippen LogP contribution in [0.4, 0.5) is 8.78 Å². The standard InChI is InChI=1S/C13H17F2N3O2S/c1-8-13(2,10-5-4-9(14)6-11(10)15)7-17-12(16)18(3)21(8,19)20/h4-6,8H,7H2,1-3H3,(H2,16,17). The first-order valence-corrected chi connectivity index (χ1v) is 7.84. The lowest BCUT2D eigenvalue weighted by molar-refractivity contribution is 0.427. The summed E-state index contributed by atoms with van der Waals surface area (Å²) in [5.41, 5.74) is 4.58. The molecule has 21 heavy (non-hydrogen) atoms. The highest BCUT2D eigenvalue weighted by molar-refractivity contribution is 7.90.